The Kier molecular flexibility index (Phi) is 2.83. The van der Waals surface area contributed by atoms with Gasteiger partial charge in [0.1, 0.15) is 11.6 Å². The molecular weight excluding hydrogens is 241 g/mol. The van der Waals surface area contributed by atoms with E-state index >= 15 is 0 Å². The van der Waals surface area contributed by atoms with Gasteiger partial charge in [-0.3, -0.25) is 4.98 Å². The van der Waals surface area contributed by atoms with Gasteiger partial charge in [-0.25, -0.2) is 9.37 Å². The first-order chi connectivity index (χ1) is 9.24. The highest BCUT2D eigenvalue weighted by molar-refractivity contribution is 5.66. The van der Waals surface area contributed by atoms with Crippen molar-refractivity contribution in [3.05, 3.63) is 60.3 Å². The van der Waals surface area contributed by atoms with Gasteiger partial charge in [0.15, 0.2) is 0 Å². The van der Waals surface area contributed by atoms with Crippen LogP contribution in [-0.4, -0.2) is 15.0 Å². The first kappa shape index (κ1) is 11.6. The topological polar surface area (TPSA) is 41.6 Å². The summed E-state index contributed by atoms with van der Waals surface area (Å²) in [7, 11) is 0. The highest BCUT2D eigenvalue weighted by Gasteiger charge is 2.10. The van der Waals surface area contributed by atoms with Crippen molar-refractivity contribution in [1.29, 1.82) is 0 Å². The molecule has 0 spiro atoms. The zero-order chi connectivity index (χ0) is 13.2. The summed E-state index contributed by atoms with van der Waals surface area (Å²) in [6, 6.07) is 10.1. The van der Waals surface area contributed by atoms with E-state index in [-0.39, 0.29) is 5.82 Å². The standard InChI is InChI=1S/C15H12FN3/c1-10-14(12-3-2-8-17-9-12)19-15(18-10)11-4-6-13(16)7-5-11/h2-9H,1H3,(H,18,19). The predicted octanol–water partition coefficient (Wildman–Crippen LogP) is 3.59. The van der Waals surface area contributed by atoms with Gasteiger partial charge in [0, 0.05) is 23.5 Å². The van der Waals surface area contributed by atoms with Crippen LogP contribution in [0.1, 0.15) is 5.69 Å². The average Bonchev–Trinajstić information content (AvgIpc) is 2.83. The fraction of sp³-hybridized carbons (Fsp3) is 0.0667. The Balaban J connectivity index is 2.04. The lowest BCUT2D eigenvalue weighted by atomic mass is 10.2. The van der Waals surface area contributed by atoms with Crippen molar-refractivity contribution in [2.45, 2.75) is 6.92 Å². The van der Waals surface area contributed by atoms with Gasteiger partial charge in [-0.1, -0.05) is 0 Å². The van der Waals surface area contributed by atoms with Crippen molar-refractivity contribution in [3.63, 3.8) is 0 Å². The number of rotatable bonds is 2. The van der Waals surface area contributed by atoms with Crippen LogP contribution in [0, 0.1) is 12.7 Å². The maximum Gasteiger partial charge on any atom is 0.138 e. The van der Waals surface area contributed by atoms with Crippen LogP contribution in [0.15, 0.2) is 48.8 Å². The van der Waals surface area contributed by atoms with Crippen molar-refractivity contribution in [1.82, 2.24) is 15.0 Å². The molecule has 0 saturated heterocycles. The van der Waals surface area contributed by atoms with Crippen molar-refractivity contribution < 1.29 is 4.39 Å². The lowest BCUT2D eigenvalue weighted by Crippen LogP contribution is -1.82. The van der Waals surface area contributed by atoms with Gasteiger partial charge in [-0.05, 0) is 43.3 Å². The fourth-order valence-corrected chi connectivity index (χ4v) is 2.00. The van der Waals surface area contributed by atoms with E-state index in [9.17, 15) is 4.39 Å². The van der Waals surface area contributed by atoms with E-state index in [0.717, 1.165) is 28.3 Å². The Morgan fingerprint density at radius 2 is 1.84 bits per heavy atom. The number of nitrogens with zero attached hydrogens (tertiary/aromatic N) is 2. The summed E-state index contributed by atoms with van der Waals surface area (Å²) < 4.78 is 12.9. The lowest BCUT2D eigenvalue weighted by Gasteiger charge is -1.98. The average molecular weight is 253 g/mol. The first-order valence-electron chi connectivity index (χ1n) is 5.97. The van der Waals surface area contributed by atoms with E-state index in [4.69, 9.17) is 0 Å². The van der Waals surface area contributed by atoms with Crippen LogP contribution in [0.25, 0.3) is 22.6 Å². The summed E-state index contributed by atoms with van der Waals surface area (Å²) in [4.78, 5) is 11.8. The third kappa shape index (κ3) is 2.25. The van der Waals surface area contributed by atoms with Crippen molar-refractivity contribution in [2.24, 2.45) is 0 Å². The summed E-state index contributed by atoms with van der Waals surface area (Å²) in [5.41, 5.74) is 3.68. The second-order valence-corrected chi connectivity index (χ2v) is 4.29. The monoisotopic (exact) mass is 253 g/mol. The largest absolute Gasteiger partial charge is 0.338 e. The molecule has 0 aliphatic carbocycles. The van der Waals surface area contributed by atoms with Crippen molar-refractivity contribution in [3.8, 4) is 22.6 Å². The highest BCUT2D eigenvalue weighted by Crippen LogP contribution is 2.24. The quantitative estimate of drug-likeness (QED) is 0.758. The van der Waals surface area contributed by atoms with Gasteiger partial charge >= 0.3 is 0 Å². The molecule has 19 heavy (non-hydrogen) atoms. The number of aromatic amines is 1. The van der Waals surface area contributed by atoms with Crippen LogP contribution < -0.4 is 0 Å². The van der Waals surface area contributed by atoms with Crippen LogP contribution in [0.3, 0.4) is 0 Å². The summed E-state index contributed by atoms with van der Waals surface area (Å²) >= 11 is 0. The molecule has 2 aromatic heterocycles. The van der Waals surface area contributed by atoms with Crippen LogP contribution >= 0.6 is 0 Å². The molecule has 0 aliphatic heterocycles. The number of imidazole rings is 1. The molecule has 4 heteroatoms. The summed E-state index contributed by atoms with van der Waals surface area (Å²) in [5, 5.41) is 0. The minimum Gasteiger partial charge on any atom is -0.338 e. The van der Waals surface area contributed by atoms with E-state index in [1.165, 1.54) is 12.1 Å². The van der Waals surface area contributed by atoms with E-state index < -0.39 is 0 Å². The molecule has 0 fully saturated rings. The molecule has 3 rings (SSSR count). The van der Waals surface area contributed by atoms with Crippen LogP contribution in [-0.2, 0) is 0 Å². The number of nitrogens with one attached hydrogen (secondary N) is 1. The van der Waals surface area contributed by atoms with Gasteiger partial charge in [0.05, 0.1) is 11.4 Å². The normalized spacial score (nSPS) is 10.6. The number of pyridine rings is 1. The second-order valence-electron chi connectivity index (χ2n) is 4.29. The first-order valence-corrected chi connectivity index (χ1v) is 5.97. The molecule has 3 aromatic rings. The Bertz CT molecular complexity index is 687. The highest BCUT2D eigenvalue weighted by atomic mass is 19.1. The summed E-state index contributed by atoms with van der Waals surface area (Å²) in [5.74, 6) is 0.482. The molecule has 2 heterocycles. The fourth-order valence-electron chi connectivity index (χ4n) is 2.00. The molecule has 1 aromatic carbocycles. The molecule has 94 valence electrons. The third-order valence-corrected chi connectivity index (χ3v) is 2.95. The summed E-state index contributed by atoms with van der Waals surface area (Å²) in [6.45, 7) is 1.94. The lowest BCUT2D eigenvalue weighted by molar-refractivity contribution is 0.628. The zero-order valence-corrected chi connectivity index (χ0v) is 10.4. The van der Waals surface area contributed by atoms with Crippen molar-refractivity contribution >= 4 is 0 Å². The Labute approximate surface area is 110 Å². The van der Waals surface area contributed by atoms with Gasteiger partial charge in [0.2, 0.25) is 0 Å². The van der Waals surface area contributed by atoms with Gasteiger partial charge < -0.3 is 4.98 Å². The second kappa shape index (κ2) is 4.65. The Morgan fingerprint density at radius 3 is 2.53 bits per heavy atom. The summed E-state index contributed by atoms with van der Waals surface area (Å²) in [6.07, 6.45) is 3.52. The van der Waals surface area contributed by atoms with E-state index in [1.807, 2.05) is 19.1 Å². The molecule has 0 aliphatic rings. The SMILES string of the molecule is Cc1nc(-c2ccc(F)cc2)[nH]c1-c1cccnc1. The minimum absolute atomic E-state index is 0.250. The van der Waals surface area contributed by atoms with Gasteiger partial charge in [-0.15, -0.1) is 0 Å². The predicted molar refractivity (Wildman–Crippen MR) is 71.9 cm³/mol. The number of hydrogen-bond donors (Lipinski definition) is 1. The smallest absolute Gasteiger partial charge is 0.138 e. The molecule has 0 saturated carbocycles. The molecule has 3 nitrogen and oxygen atoms in total. The maximum absolute atomic E-state index is 12.9. The molecule has 0 bridgehead atoms. The number of aryl methyl sites for hydroxylation is 1. The van der Waals surface area contributed by atoms with E-state index in [0.29, 0.717) is 0 Å². The molecular formula is C15H12FN3. The maximum atomic E-state index is 12.9. The Morgan fingerprint density at radius 1 is 1.05 bits per heavy atom. The molecule has 0 atom stereocenters. The Hall–Kier alpha value is -2.49. The minimum atomic E-state index is -0.250. The number of aromatic nitrogens is 3. The van der Waals surface area contributed by atoms with Gasteiger partial charge in [-0.2, -0.15) is 0 Å². The van der Waals surface area contributed by atoms with Gasteiger partial charge in [0.25, 0.3) is 0 Å². The van der Waals surface area contributed by atoms with Crippen LogP contribution in [0.4, 0.5) is 4.39 Å². The molecule has 1 N–H and O–H groups in total. The van der Waals surface area contributed by atoms with E-state index in [2.05, 4.69) is 15.0 Å². The van der Waals surface area contributed by atoms with Crippen LogP contribution in [0.5, 0.6) is 0 Å². The molecule has 0 radical (unpaired) electrons. The van der Waals surface area contributed by atoms with Crippen molar-refractivity contribution in [2.75, 3.05) is 0 Å². The number of H-pyrrole nitrogens is 1. The zero-order valence-electron chi connectivity index (χ0n) is 10.4. The third-order valence-electron chi connectivity index (χ3n) is 2.95. The number of halogens is 1. The number of benzene rings is 1. The molecule has 0 amide bonds. The molecule has 0 unspecified atom stereocenters. The van der Waals surface area contributed by atoms with Crippen LogP contribution in [0.2, 0.25) is 0 Å². The van der Waals surface area contributed by atoms with E-state index in [1.54, 1.807) is 24.5 Å². The number of hydrogen-bond acceptors (Lipinski definition) is 2.